The van der Waals surface area contributed by atoms with Gasteiger partial charge in [-0.15, -0.1) is 11.3 Å². The van der Waals surface area contributed by atoms with E-state index in [1.807, 2.05) is 11.3 Å². The lowest BCUT2D eigenvalue weighted by Gasteiger charge is -2.35. The Kier molecular flexibility index (Phi) is 10.5. The first-order valence-electron chi connectivity index (χ1n) is 26.3. The Balaban J connectivity index is 1.00. The van der Waals surface area contributed by atoms with Crippen LogP contribution in [0.3, 0.4) is 0 Å². The molecule has 0 atom stereocenters. The summed E-state index contributed by atoms with van der Waals surface area (Å²) in [5.41, 5.74) is 3.59. The minimum atomic E-state index is -3.04. The fourth-order valence-corrected chi connectivity index (χ4v) is 24.6. The minimum absolute atomic E-state index is 1.17. The van der Waals surface area contributed by atoms with Crippen molar-refractivity contribution in [2.45, 2.75) is 0 Å². The maximum atomic E-state index is 2.59. The Morgan fingerprint density at radius 1 is 0.237 bits per heavy atom. The van der Waals surface area contributed by atoms with E-state index in [0.717, 1.165) is 0 Å². The van der Waals surface area contributed by atoms with Gasteiger partial charge in [-0.05, 0) is 104 Å². The SMILES string of the molecule is c1ccc([Si](c2ccccc2)(c2cccc(-n3c4ccccc4c4ccccc43)c2)c2ccc3c4ccc([Si](c5ccccc5)(c5ccccc5)c5cccc6c5sc5ccccc56)cc4c4ccccc4c3c2)cc1. The Hall–Kier alpha value is -8.91. The van der Waals surface area contributed by atoms with Crippen LogP contribution >= 0.6 is 11.3 Å². The van der Waals surface area contributed by atoms with Gasteiger partial charge in [0.05, 0.1) is 11.0 Å². The van der Waals surface area contributed by atoms with Crippen molar-refractivity contribution in [1.82, 2.24) is 4.57 Å². The monoisotopic (exact) mass is 1020 g/mol. The molecule has 0 bridgehead atoms. The van der Waals surface area contributed by atoms with Crippen LogP contribution in [0.2, 0.25) is 0 Å². The van der Waals surface area contributed by atoms with Gasteiger partial charge in [0.2, 0.25) is 0 Å². The van der Waals surface area contributed by atoms with E-state index in [2.05, 4.69) is 302 Å². The molecule has 0 radical (unpaired) electrons. The molecule has 2 heterocycles. The second-order valence-corrected chi connectivity index (χ2v) is 28.9. The van der Waals surface area contributed by atoms with Crippen molar-refractivity contribution in [3.8, 4) is 5.69 Å². The molecule has 0 amide bonds. The molecule has 0 saturated carbocycles. The highest BCUT2D eigenvalue weighted by Crippen LogP contribution is 2.38. The molecule has 0 aliphatic heterocycles. The Bertz CT molecular complexity index is 4550. The van der Waals surface area contributed by atoms with Gasteiger partial charge in [-0.2, -0.15) is 0 Å². The second kappa shape index (κ2) is 17.9. The van der Waals surface area contributed by atoms with Gasteiger partial charge in [0, 0.05) is 36.6 Å². The lowest BCUT2D eigenvalue weighted by molar-refractivity contribution is 1.18. The van der Waals surface area contributed by atoms with Gasteiger partial charge in [-0.3, -0.25) is 0 Å². The number of fused-ring (bicyclic) bond motifs is 12. The Labute approximate surface area is 447 Å². The molecule has 2 aromatic heterocycles. The Morgan fingerprint density at radius 2 is 0.618 bits per heavy atom. The molecule has 0 aliphatic rings. The topological polar surface area (TPSA) is 4.93 Å². The normalized spacial score (nSPS) is 12.2. The summed E-state index contributed by atoms with van der Waals surface area (Å²) in [7, 11) is -6.03. The number of para-hydroxylation sites is 2. The largest absolute Gasteiger partial charge is 0.309 e. The van der Waals surface area contributed by atoms with Crippen LogP contribution in [0.4, 0.5) is 0 Å². The molecular weight excluding hydrogens is 967 g/mol. The molecule has 13 aromatic carbocycles. The van der Waals surface area contributed by atoms with Gasteiger partial charge in [0.25, 0.3) is 0 Å². The molecule has 356 valence electrons. The van der Waals surface area contributed by atoms with Gasteiger partial charge in [0.1, 0.15) is 0 Å². The van der Waals surface area contributed by atoms with E-state index in [0.29, 0.717) is 0 Å². The minimum Gasteiger partial charge on any atom is -0.309 e. The summed E-state index contributed by atoms with van der Waals surface area (Å²) < 4.78 is 5.17. The summed E-state index contributed by atoms with van der Waals surface area (Å²) >= 11 is 1.94. The third-order valence-corrected chi connectivity index (χ3v) is 27.4. The molecular formula is C72H49NSSi2. The molecule has 0 fully saturated rings. The first-order chi connectivity index (χ1) is 37.7. The van der Waals surface area contributed by atoms with Crippen LogP contribution < -0.4 is 41.5 Å². The van der Waals surface area contributed by atoms with Crippen LogP contribution in [0.15, 0.2) is 297 Å². The van der Waals surface area contributed by atoms with Crippen molar-refractivity contribution < 1.29 is 0 Å². The summed E-state index contributed by atoms with van der Waals surface area (Å²) in [5, 5.41) is 23.8. The van der Waals surface area contributed by atoms with Crippen LogP contribution in [-0.4, -0.2) is 20.7 Å². The molecule has 4 heteroatoms. The van der Waals surface area contributed by atoms with E-state index >= 15 is 0 Å². The van der Waals surface area contributed by atoms with Gasteiger partial charge in [-0.25, -0.2) is 0 Å². The van der Waals surface area contributed by atoms with Crippen molar-refractivity contribution in [3.05, 3.63) is 297 Å². The fraction of sp³-hybridized carbons (Fsp3) is 0. The summed E-state index contributed by atoms with van der Waals surface area (Å²) in [4.78, 5) is 0. The van der Waals surface area contributed by atoms with E-state index in [4.69, 9.17) is 0 Å². The fourth-order valence-electron chi connectivity index (χ4n) is 13.3. The van der Waals surface area contributed by atoms with Crippen molar-refractivity contribution in [1.29, 1.82) is 0 Å². The van der Waals surface area contributed by atoms with Gasteiger partial charge < -0.3 is 4.57 Å². The highest BCUT2D eigenvalue weighted by molar-refractivity contribution is 7.30. The third kappa shape index (κ3) is 6.61. The van der Waals surface area contributed by atoms with Crippen molar-refractivity contribution in [2.24, 2.45) is 0 Å². The molecule has 1 nitrogen and oxygen atoms in total. The predicted molar refractivity (Wildman–Crippen MR) is 333 cm³/mol. The van der Waals surface area contributed by atoms with E-state index in [9.17, 15) is 0 Å². The smallest absolute Gasteiger partial charge is 0.181 e. The maximum absolute atomic E-state index is 3.04. The van der Waals surface area contributed by atoms with Gasteiger partial charge >= 0.3 is 0 Å². The average Bonchev–Trinajstić information content (AvgIpc) is 4.17. The van der Waals surface area contributed by atoms with Crippen molar-refractivity contribution >= 4 is 143 Å². The zero-order valence-electron chi connectivity index (χ0n) is 41.6. The lowest BCUT2D eigenvalue weighted by Crippen LogP contribution is -2.74. The average molecular weight is 1020 g/mol. The van der Waals surface area contributed by atoms with Crippen LogP contribution in [0.5, 0.6) is 0 Å². The quantitative estimate of drug-likeness (QED) is 0.0771. The van der Waals surface area contributed by atoms with E-state index < -0.39 is 16.1 Å². The molecule has 76 heavy (non-hydrogen) atoms. The van der Waals surface area contributed by atoms with Gasteiger partial charge in [0.15, 0.2) is 16.1 Å². The first-order valence-corrected chi connectivity index (χ1v) is 31.1. The summed E-state index contributed by atoms with van der Waals surface area (Å²) in [6.07, 6.45) is 0. The van der Waals surface area contributed by atoms with Gasteiger partial charge in [-0.1, -0.05) is 267 Å². The number of rotatable bonds is 9. The zero-order valence-corrected chi connectivity index (χ0v) is 44.5. The second-order valence-electron chi connectivity index (χ2n) is 20.2. The molecule has 0 aliphatic carbocycles. The van der Waals surface area contributed by atoms with Crippen LogP contribution in [0, 0.1) is 0 Å². The summed E-state index contributed by atoms with van der Waals surface area (Å²) in [6.45, 7) is 0. The number of nitrogens with zero attached hydrogens (tertiary/aromatic N) is 1. The van der Waals surface area contributed by atoms with Crippen molar-refractivity contribution in [2.75, 3.05) is 0 Å². The van der Waals surface area contributed by atoms with Crippen molar-refractivity contribution in [3.63, 3.8) is 0 Å². The molecule has 0 spiro atoms. The molecule has 0 saturated heterocycles. The van der Waals surface area contributed by atoms with Crippen LogP contribution in [0.1, 0.15) is 0 Å². The lowest BCUT2D eigenvalue weighted by atomic mass is 9.94. The zero-order chi connectivity index (χ0) is 50.2. The molecule has 15 rings (SSSR count). The maximum Gasteiger partial charge on any atom is 0.181 e. The van der Waals surface area contributed by atoms with Crippen LogP contribution in [0.25, 0.3) is 80.0 Å². The number of hydrogen-bond donors (Lipinski definition) is 0. The van der Waals surface area contributed by atoms with Crippen LogP contribution in [-0.2, 0) is 0 Å². The van der Waals surface area contributed by atoms with E-state index in [1.54, 1.807) is 0 Å². The standard InChI is InChI=1S/C72H49NSSi2/c1-5-24-51(25-6-1)75(52-26-7-2-8-27-52,55-32-21-23-50(47-55)73-68-39-18-15-35-62(68)63-36-16-19-40-69(63)73)56-43-45-60-61-46-44-57(49-67(61)59-34-14-13-33-58(59)66(60)48-56)76(53-28-9-3-10-29-53,54-30-11-4-12-31-54)71-42-22-38-65-64-37-17-20-41-70(64)74-72(65)71/h1-49H. The summed E-state index contributed by atoms with van der Waals surface area (Å²) in [6, 6.07) is 113. The molecule has 0 unspecified atom stereocenters. The Morgan fingerprint density at radius 3 is 1.16 bits per heavy atom. The summed E-state index contributed by atoms with van der Waals surface area (Å²) in [5.74, 6) is 0. The highest BCUT2D eigenvalue weighted by Gasteiger charge is 2.44. The highest BCUT2D eigenvalue weighted by atomic mass is 32.1. The number of aromatic nitrogens is 1. The third-order valence-electron chi connectivity index (χ3n) is 16.5. The molecule has 0 N–H and O–H groups in total. The number of hydrogen-bond acceptors (Lipinski definition) is 1. The van der Waals surface area contributed by atoms with E-state index in [-0.39, 0.29) is 0 Å². The predicted octanol–water partition coefficient (Wildman–Crippen LogP) is 13.4. The first kappa shape index (κ1) is 44.6. The number of thiophene rings is 1. The molecule has 15 aromatic rings. The number of benzene rings is 13. The van der Waals surface area contributed by atoms with E-state index in [1.165, 1.54) is 121 Å².